The van der Waals surface area contributed by atoms with Crippen molar-refractivity contribution in [2.45, 2.75) is 13.5 Å². The Balaban J connectivity index is 1.77. The van der Waals surface area contributed by atoms with Crippen molar-refractivity contribution in [1.29, 1.82) is 0 Å². The van der Waals surface area contributed by atoms with E-state index in [0.717, 1.165) is 17.1 Å². The van der Waals surface area contributed by atoms with Crippen LogP contribution in [0.3, 0.4) is 0 Å². The van der Waals surface area contributed by atoms with E-state index in [1.165, 1.54) is 0 Å². The van der Waals surface area contributed by atoms with Gasteiger partial charge in [0.05, 0.1) is 10.9 Å². The number of aromatic nitrogens is 3. The zero-order valence-electron chi connectivity index (χ0n) is 18.1. The lowest BCUT2D eigenvalue weighted by atomic mass is 10.1. The zero-order chi connectivity index (χ0) is 22.6. The van der Waals surface area contributed by atoms with Crippen LogP contribution in [0.1, 0.15) is 11.3 Å². The summed E-state index contributed by atoms with van der Waals surface area (Å²) in [4.78, 5) is 22.6. The molecule has 3 aromatic heterocycles. The highest BCUT2D eigenvalue weighted by molar-refractivity contribution is 5.83. The molecule has 6 heteroatoms. The molecule has 0 fully saturated rings. The largest absolute Gasteiger partial charge is 0.472 e. The maximum Gasteiger partial charge on any atom is 0.213 e. The molecule has 0 atom stereocenters. The summed E-state index contributed by atoms with van der Waals surface area (Å²) in [5.74, 6) is 1.06. The van der Waals surface area contributed by atoms with Crippen molar-refractivity contribution in [3.8, 4) is 11.6 Å². The molecule has 6 nitrogen and oxygen atoms in total. The molecule has 162 valence electrons. The molecule has 2 aromatic carbocycles. The van der Waals surface area contributed by atoms with Crippen molar-refractivity contribution in [2.75, 3.05) is 5.32 Å². The van der Waals surface area contributed by atoms with E-state index in [1.54, 1.807) is 12.3 Å². The first-order chi connectivity index (χ1) is 16.2. The van der Waals surface area contributed by atoms with E-state index in [-0.39, 0.29) is 12.0 Å². The highest BCUT2D eigenvalue weighted by Crippen LogP contribution is 2.28. The number of pyridine rings is 3. The lowest BCUT2D eigenvalue weighted by Crippen LogP contribution is -2.21. The first-order valence-electron chi connectivity index (χ1n) is 10.7. The van der Waals surface area contributed by atoms with E-state index in [2.05, 4.69) is 10.3 Å². The molecular weight excluding hydrogens is 412 g/mol. The molecular formula is C27H22N4O2. The smallest absolute Gasteiger partial charge is 0.213 e. The second kappa shape index (κ2) is 8.96. The lowest BCUT2D eigenvalue weighted by Gasteiger charge is -2.21. The summed E-state index contributed by atoms with van der Waals surface area (Å²) in [5, 5.41) is 3.98. The van der Waals surface area contributed by atoms with Gasteiger partial charge in [0.15, 0.2) is 5.43 Å². The van der Waals surface area contributed by atoms with Gasteiger partial charge < -0.3 is 10.1 Å². The van der Waals surface area contributed by atoms with Gasteiger partial charge in [-0.25, -0.2) is 9.97 Å². The van der Waals surface area contributed by atoms with E-state index < -0.39 is 0 Å². The predicted molar refractivity (Wildman–Crippen MR) is 130 cm³/mol. The fourth-order valence-corrected chi connectivity index (χ4v) is 3.73. The molecule has 3 heterocycles. The number of nitrogens with zero attached hydrogens (tertiary/aromatic N) is 3. The van der Waals surface area contributed by atoms with E-state index in [9.17, 15) is 4.79 Å². The van der Waals surface area contributed by atoms with Crippen LogP contribution in [0, 0.1) is 6.92 Å². The summed E-state index contributed by atoms with van der Waals surface area (Å²) < 4.78 is 7.91. The summed E-state index contributed by atoms with van der Waals surface area (Å²) in [6.45, 7) is 1.98. The fourth-order valence-electron chi connectivity index (χ4n) is 3.73. The number of hydrogen-bond donors (Lipinski definition) is 1. The average molecular weight is 434 g/mol. The lowest BCUT2D eigenvalue weighted by molar-refractivity contribution is 0.293. The number of para-hydroxylation sites is 2. The van der Waals surface area contributed by atoms with Gasteiger partial charge in [-0.1, -0.05) is 42.5 Å². The minimum atomic E-state index is -0.126. The van der Waals surface area contributed by atoms with Crippen LogP contribution in [0.2, 0.25) is 0 Å². The molecule has 5 rings (SSSR count). The van der Waals surface area contributed by atoms with E-state index in [4.69, 9.17) is 9.72 Å². The quantitative estimate of drug-likeness (QED) is 0.387. The topological polar surface area (TPSA) is 69.0 Å². The number of nitrogens with one attached hydrogen (secondary N) is 1. The third-order valence-electron chi connectivity index (χ3n) is 5.31. The van der Waals surface area contributed by atoms with E-state index in [0.29, 0.717) is 28.3 Å². The number of hydrogen-bond acceptors (Lipinski definition) is 5. The van der Waals surface area contributed by atoms with Gasteiger partial charge in [0.1, 0.15) is 18.1 Å². The predicted octanol–water partition coefficient (Wildman–Crippen LogP) is 5.41. The van der Waals surface area contributed by atoms with E-state index in [1.807, 2.05) is 96.4 Å². The number of ether oxygens (including phenoxy) is 1. The van der Waals surface area contributed by atoms with Crippen molar-refractivity contribution >= 4 is 22.5 Å². The number of benzene rings is 2. The molecule has 0 spiro atoms. The van der Waals surface area contributed by atoms with Gasteiger partial charge in [-0.2, -0.15) is 0 Å². The molecule has 0 aliphatic rings. The van der Waals surface area contributed by atoms with Gasteiger partial charge in [0.25, 0.3) is 0 Å². The SMILES string of the molecule is Cc1ccc2c(=O)c(COc3ccccn3)c(Nc3ccccc3)n(-c3ccccc3)c2n1. The van der Waals surface area contributed by atoms with Crippen molar-refractivity contribution < 1.29 is 4.74 Å². The number of fused-ring (bicyclic) bond motifs is 1. The first kappa shape index (κ1) is 20.5. The van der Waals surface area contributed by atoms with Crippen LogP contribution in [0.25, 0.3) is 16.7 Å². The maximum atomic E-state index is 13.7. The normalized spacial score (nSPS) is 10.8. The molecule has 0 saturated heterocycles. The van der Waals surface area contributed by atoms with Crippen LogP contribution in [0.15, 0.2) is 102 Å². The van der Waals surface area contributed by atoms with Crippen LogP contribution < -0.4 is 15.5 Å². The number of anilines is 2. The van der Waals surface area contributed by atoms with Crippen molar-refractivity contribution in [3.63, 3.8) is 0 Å². The van der Waals surface area contributed by atoms with Gasteiger partial charge in [-0.05, 0) is 49.4 Å². The van der Waals surface area contributed by atoms with Crippen LogP contribution in [-0.2, 0) is 6.61 Å². The summed E-state index contributed by atoms with van der Waals surface area (Å²) in [6, 6.07) is 28.7. The molecule has 5 aromatic rings. The van der Waals surface area contributed by atoms with Crippen molar-refractivity contribution in [2.24, 2.45) is 0 Å². The van der Waals surface area contributed by atoms with Gasteiger partial charge in [-0.15, -0.1) is 0 Å². The Hall–Kier alpha value is -4.45. The Morgan fingerprint density at radius 2 is 1.61 bits per heavy atom. The molecule has 0 unspecified atom stereocenters. The van der Waals surface area contributed by atoms with E-state index >= 15 is 0 Å². The van der Waals surface area contributed by atoms with Crippen LogP contribution in [0.4, 0.5) is 11.5 Å². The average Bonchev–Trinajstić information content (AvgIpc) is 2.86. The zero-order valence-corrected chi connectivity index (χ0v) is 18.1. The third kappa shape index (κ3) is 4.19. The molecule has 0 bridgehead atoms. The van der Waals surface area contributed by atoms with Gasteiger partial charge in [-0.3, -0.25) is 9.36 Å². The Bertz CT molecular complexity index is 1450. The molecule has 33 heavy (non-hydrogen) atoms. The Kier molecular flexibility index (Phi) is 5.55. The monoisotopic (exact) mass is 434 g/mol. The summed E-state index contributed by atoms with van der Waals surface area (Å²) in [5.41, 5.74) is 3.53. The second-order valence-electron chi connectivity index (χ2n) is 7.60. The Morgan fingerprint density at radius 3 is 2.33 bits per heavy atom. The van der Waals surface area contributed by atoms with Gasteiger partial charge in [0.2, 0.25) is 5.88 Å². The highest BCUT2D eigenvalue weighted by atomic mass is 16.5. The molecule has 0 aliphatic heterocycles. The first-order valence-corrected chi connectivity index (χ1v) is 10.7. The highest BCUT2D eigenvalue weighted by Gasteiger charge is 2.20. The van der Waals surface area contributed by atoms with Crippen LogP contribution in [-0.4, -0.2) is 14.5 Å². The fraction of sp³-hybridized carbons (Fsp3) is 0.0741. The molecule has 0 amide bonds. The number of rotatable bonds is 6. The second-order valence-corrected chi connectivity index (χ2v) is 7.60. The summed E-state index contributed by atoms with van der Waals surface area (Å²) in [6.07, 6.45) is 1.66. The maximum absolute atomic E-state index is 13.7. The molecule has 1 N–H and O–H groups in total. The standard InChI is InChI=1S/C27H22N4O2/c1-19-15-16-22-25(32)23(18-33-24-14-8-9-17-28-24)27(30-20-10-4-2-5-11-20)31(26(22)29-19)21-12-6-3-7-13-21/h2-17,30H,18H2,1H3. The number of aryl methyl sites for hydroxylation is 1. The molecule has 0 saturated carbocycles. The van der Waals surface area contributed by atoms with Crippen molar-refractivity contribution in [1.82, 2.24) is 14.5 Å². The minimum absolute atomic E-state index is 0.0572. The van der Waals surface area contributed by atoms with Crippen LogP contribution >= 0.6 is 0 Å². The Labute approximate surface area is 191 Å². The van der Waals surface area contributed by atoms with Gasteiger partial charge in [0, 0.05) is 29.3 Å². The molecule has 0 aliphatic carbocycles. The third-order valence-corrected chi connectivity index (χ3v) is 5.31. The summed E-state index contributed by atoms with van der Waals surface area (Å²) >= 11 is 0. The summed E-state index contributed by atoms with van der Waals surface area (Å²) in [7, 11) is 0. The van der Waals surface area contributed by atoms with Crippen LogP contribution in [0.5, 0.6) is 5.88 Å². The van der Waals surface area contributed by atoms with Gasteiger partial charge >= 0.3 is 0 Å². The molecule has 0 radical (unpaired) electrons. The Morgan fingerprint density at radius 1 is 0.879 bits per heavy atom. The van der Waals surface area contributed by atoms with Crippen molar-refractivity contribution in [3.05, 3.63) is 119 Å². The minimum Gasteiger partial charge on any atom is -0.472 e.